The minimum Gasteiger partial charge on any atom is -0.387 e. The van der Waals surface area contributed by atoms with Crippen molar-refractivity contribution < 1.29 is 17.6 Å². The van der Waals surface area contributed by atoms with E-state index >= 15 is 4.39 Å². The molecule has 0 saturated heterocycles. The van der Waals surface area contributed by atoms with Gasteiger partial charge in [0.25, 0.3) is 15.6 Å². The second-order valence-electron chi connectivity index (χ2n) is 7.18. The molecular formula is C21H16BrClFN5O4S2. The van der Waals surface area contributed by atoms with Crippen molar-refractivity contribution in [3.8, 4) is 5.69 Å². The van der Waals surface area contributed by atoms with Gasteiger partial charge in [-0.25, -0.2) is 27.3 Å². The van der Waals surface area contributed by atoms with Crippen LogP contribution in [0.3, 0.4) is 0 Å². The summed E-state index contributed by atoms with van der Waals surface area (Å²) in [5.74, 6) is -0.571. The number of carbonyl (C=O) groups is 1. The Balaban J connectivity index is 1.63. The second kappa shape index (κ2) is 9.57. The Bertz CT molecular complexity index is 1660. The summed E-state index contributed by atoms with van der Waals surface area (Å²) in [7, 11) is -2.41. The highest BCUT2D eigenvalue weighted by Gasteiger charge is 2.21. The Morgan fingerprint density at radius 3 is 2.57 bits per heavy atom. The number of halogens is 3. The molecule has 3 N–H and O–H groups in total. The van der Waals surface area contributed by atoms with Gasteiger partial charge in [-0.2, -0.15) is 0 Å². The lowest BCUT2D eigenvalue weighted by Gasteiger charge is -2.14. The van der Waals surface area contributed by atoms with Crippen LogP contribution < -0.4 is 20.9 Å². The lowest BCUT2D eigenvalue weighted by molar-refractivity contribution is 0.256. The first kappa shape index (κ1) is 25.1. The molecule has 182 valence electrons. The van der Waals surface area contributed by atoms with E-state index in [1.807, 2.05) is 4.72 Å². The monoisotopic (exact) mass is 599 g/mol. The van der Waals surface area contributed by atoms with Gasteiger partial charge >= 0.3 is 6.03 Å². The smallest absolute Gasteiger partial charge is 0.333 e. The molecular weight excluding hydrogens is 585 g/mol. The quantitative estimate of drug-likeness (QED) is 0.301. The number of nitrogens with zero attached hydrogens (tertiary/aromatic N) is 2. The summed E-state index contributed by atoms with van der Waals surface area (Å²) in [6.07, 6.45) is 0. The lowest BCUT2D eigenvalue weighted by atomic mass is 10.2. The Morgan fingerprint density at radius 2 is 1.94 bits per heavy atom. The van der Waals surface area contributed by atoms with Crippen molar-refractivity contribution in [3.63, 3.8) is 0 Å². The molecule has 0 aliphatic rings. The standard InChI is InChI=1S/C21H16BrClFN5O4S2/c1-10-26-15-9-16(25-2)13(22)8-12(15)20(30)29(10)17-4-3-11(7-14(17)24)27-21(31)28-35(32,33)19-6-5-18(23)34-19/h3-9,25H,1-2H3,(H2,27,28,31). The van der Waals surface area contributed by atoms with Crippen LogP contribution >= 0.6 is 38.9 Å². The van der Waals surface area contributed by atoms with Crippen molar-refractivity contribution >= 4 is 77.2 Å². The Hall–Kier alpha value is -3.00. The maximum Gasteiger partial charge on any atom is 0.333 e. The lowest BCUT2D eigenvalue weighted by Crippen LogP contribution is -2.34. The molecule has 0 aliphatic carbocycles. The number of aryl methyl sites for hydroxylation is 1. The largest absolute Gasteiger partial charge is 0.387 e. The van der Waals surface area contributed by atoms with Crippen molar-refractivity contribution in [2.75, 3.05) is 17.7 Å². The van der Waals surface area contributed by atoms with Gasteiger partial charge in [0.1, 0.15) is 15.9 Å². The normalized spacial score (nSPS) is 11.5. The van der Waals surface area contributed by atoms with Crippen molar-refractivity contribution in [1.29, 1.82) is 0 Å². The van der Waals surface area contributed by atoms with Crippen molar-refractivity contribution in [2.24, 2.45) is 0 Å². The highest BCUT2D eigenvalue weighted by atomic mass is 79.9. The van der Waals surface area contributed by atoms with E-state index in [2.05, 4.69) is 31.5 Å². The summed E-state index contributed by atoms with van der Waals surface area (Å²) in [5.41, 5.74) is 0.603. The fourth-order valence-electron chi connectivity index (χ4n) is 3.33. The molecule has 2 amide bonds. The number of hydrogen-bond donors (Lipinski definition) is 3. The fraction of sp³-hybridized carbons (Fsp3) is 0.0952. The van der Waals surface area contributed by atoms with Gasteiger partial charge in [-0.1, -0.05) is 11.6 Å². The van der Waals surface area contributed by atoms with Crippen LogP contribution in [0.2, 0.25) is 4.34 Å². The minimum absolute atomic E-state index is 0.0241. The number of sulfonamides is 1. The Labute approximate surface area is 216 Å². The molecule has 2 heterocycles. The van der Waals surface area contributed by atoms with E-state index < -0.39 is 27.4 Å². The topological polar surface area (TPSA) is 122 Å². The van der Waals surface area contributed by atoms with E-state index in [-0.39, 0.29) is 31.1 Å². The fourth-order valence-corrected chi connectivity index (χ4v) is 6.26. The summed E-state index contributed by atoms with van der Waals surface area (Å²) >= 11 is 9.91. The highest BCUT2D eigenvalue weighted by Crippen LogP contribution is 2.27. The zero-order valence-electron chi connectivity index (χ0n) is 18.0. The van der Waals surface area contributed by atoms with E-state index in [1.54, 1.807) is 26.1 Å². The molecule has 0 radical (unpaired) electrons. The number of anilines is 2. The number of nitrogens with one attached hydrogen (secondary N) is 3. The number of hydrogen-bond acceptors (Lipinski definition) is 7. The van der Waals surface area contributed by atoms with Gasteiger partial charge in [0.2, 0.25) is 0 Å². The predicted octanol–water partition coefficient (Wildman–Crippen LogP) is 4.86. The van der Waals surface area contributed by atoms with Crippen molar-refractivity contribution in [1.82, 2.24) is 14.3 Å². The van der Waals surface area contributed by atoms with Gasteiger partial charge in [-0.05, 0) is 65.3 Å². The van der Waals surface area contributed by atoms with E-state index in [4.69, 9.17) is 11.6 Å². The molecule has 0 aliphatic heterocycles. The third-order valence-electron chi connectivity index (χ3n) is 4.88. The maximum absolute atomic E-state index is 15.0. The SMILES string of the molecule is CNc1cc2nc(C)n(-c3ccc(NC(=O)NS(=O)(=O)c4ccc(Cl)s4)cc3F)c(=O)c2cc1Br. The number of amides is 2. The zero-order valence-corrected chi connectivity index (χ0v) is 22.0. The van der Waals surface area contributed by atoms with Crippen LogP contribution in [0.1, 0.15) is 5.82 Å². The molecule has 0 unspecified atom stereocenters. The van der Waals surface area contributed by atoms with Gasteiger partial charge in [0.05, 0.1) is 26.6 Å². The summed E-state index contributed by atoms with van der Waals surface area (Å²) in [6.45, 7) is 1.57. The van der Waals surface area contributed by atoms with E-state index in [9.17, 15) is 18.0 Å². The van der Waals surface area contributed by atoms with E-state index in [0.717, 1.165) is 27.7 Å². The third-order valence-corrected chi connectivity index (χ3v) is 8.59. The summed E-state index contributed by atoms with van der Waals surface area (Å²) < 4.78 is 43.2. The number of fused-ring (bicyclic) bond motifs is 1. The number of aromatic nitrogens is 2. The maximum atomic E-state index is 15.0. The van der Waals surface area contributed by atoms with Crippen molar-refractivity contribution in [2.45, 2.75) is 11.1 Å². The van der Waals surface area contributed by atoms with Gasteiger partial charge in [0.15, 0.2) is 0 Å². The summed E-state index contributed by atoms with van der Waals surface area (Å²) in [4.78, 5) is 29.8. The van der Waals surface area contributed by atoms with Crippen LogP contribution in [0.4, 0.5) is 20.6 Å². The molecule has 2 aromatic carbocycles. The van der Waals surface area contributed by atoms with Crippen LogP contribution in [-0.2, 0) is 10.0 Å². The minimum atomic E-state index is -4.14. The molecule has 4 rings (SSSR count). The van der Waals surface area contributed by atoms with Crippen LogP contribution in [0.25, 0.3) is 16.6 Å². The average molecular weight is 601 g/mol. The van der Waals surface area contributed by atoms with Crippen LogP contribution in [-0.4, -0.2) is 31.0 Å². The summed E-state index contributed by atoms with van der Waals surface area (Å²) in [5, 5.41) is 5.53. The molecule has 0 fully saturated rings. The molecule has 2 aromatic heterocycles. The Kier molecular flexibility index (Phi) is 6.86. The molecule has 0 atom stereocenters. The zero-order chi connectivity index (χ0) is 25.5. The first-order valence-electron chi connectivity index (χ1n) is 9.80. The van der Waals surface area contributed by atoms with Gasteiger partial charge < -0.3 is 10.6 Å². The average Bonchev–Trinajstić information content (AvgIpc) is 3.22. The molecule has 0 spiro atoms. The third kappa shape index (κ3) is 5.03. The predicted molar refractivity (Wildman–Crippen MR) is 138 cm³/mol. The first-order valence-corrected chi connectivity index (χ1v) is 13.3. The number of thiophene rings is 1. The van der Waals surface area contributed by atoms with Gasteiger partial charge in [-0.3, -0.25) is 9.36 Å². The van der Waals surface area contributed by atoms with Crippen LogP contribution in [0, 0.1) is 12.7 Å². The molecule has 9 nitrogen and oxygen atoms in total. The molecule has 0 saturated carbocycles. The Morgan fingerprint density at radius 1 is 1.20 bits per heavy atom. The molecule has 0 bridgehead atoms. The van der Waals surface area contributed by atoms with Crippen molar-refractivity contribution in [3.05, 3.63) is 73.3 Å². The van der Waals surface area contributed by atoms with E-state index in [0.29, 0.717) is 9.99 Å². The number of benzene rings is 2. The van der Waals surface area contributed by atoms with Crippen LogP contribution in [0.15, 0.2) is 55.9 Å². The van der Waals surface area contributed by atoms with Gasteiger partial charge in [-0.15, -0.1) is 11.3 Å². The molecule has 4 aromatic rings. The van der Waals surface area contributed by atoms with E-state index in [1.165, 1.54) is 24.3 Å². The molecule has 14 heteroatoms. The summed E-state index contributed by atoms with van der Waals surface area (Å²) in [6, 6.07) is 8.46. The first-order chi connectivity index (χ1) is 16.5. The molecule has 35 heavy (non-hydrogen) atoms. The number of rotatable bonds is 5. The number of urea groups is 1. The highest BCUT2D eigenvalue weighted by molar-refractivity contribution is 9.10. The van der Waals surface area contributed by atoms with Gasteiger partial charge in [0, 0.05) is 17.2 Å². The number of carbonyl (C=O) groups excluding carboxylic acids is 1. The second-order valence-corrected chi connectivity index (χ2v) is 11.7. The van der Waals surface area contributed by atoms with Crippen LogP contribution in [0.5, 0.6) is 0 Å².